The van der Waals surface area contributed by atoms with Crippen molar-refractivity contribution >= 4 is 23.1 Å². The molecule has 0 spiro atoms. The van der Waals surface area contributed by atoms with Crippen LogP contribution in [0.2, 0.25) is 0 Å². The van der Waals surface area contributed by atoms with Crippen LogP contribution in [0.4, 0.5) is 0 Å². The van der Waals surface area contributed by atoms with Crippen LogP contribution in [0.25, 0.3) is 0 Å². The minimum atomic E-state index is -2.19. The zero-order chi connectivity index (χ0) is 6.69. The molecular weight excluding hydrogens is 162 g/mol. The van der Waals surface area contributed by atoms with Gasteiger partial charge in [0.25, 0.3) is 0 Å². The topological polar surface area (TPSA) is 49.8 Å². The summed E-state index contributed by atoms with van der Waals surface area (Å²) in [6, 6.07) is 0. The molecule has 6 heteroatoms. The molecule has 4 nitrogen and oxygen atoms in total. The van der Waals surface area contributed by atoms with E-state index in [1.807, 2.05) is 0 Å². The Bertz CT molecular complexity index is 148. The van der Waals surface area contributed by atoms with Crippen LogP contribution in [0.3, 0.4) is 0 Å². The first-order valence-corrected chi connectivity index (χ1v) is 4.21. The second-order valence-electron chi connectivity index (χ2n) is 1.29. The van der Waals surface area contributed by atoms with Gasteiger partial charge in [-0.15, -0.1) is 16.0 Å². The summed E-state index contributed by atoms with van der Waals surface area (Å²) >= 11 is -0.695. The van der Waals surface area contributed by atoms with Gasteiger partial charge in [0.1, 0.15) is 0 Å². The maximum absolute atomic E-state index is 9.96. The first kappa shape index (κ1) is 7.07. The Labute approximate surface area is 59.3 Å². The largest absolute Gasteiger partial charge is 0.325 e. The summed E-state index contributed by atoms with van der Waals surface area (Å²) in [6.45, 7) is 0. The lowest BCUT2D eigenvalue weighted by molar-refractivity contribution is 0.0233. The second kappa shape index (κ2) is 3.21. The van der Waals surface area contributed by atoms with E-state index in [0.29, 0.717) is 5.88 Å². The molecule has 1 heterocycles. The molecule has 0 aromatic carbocycles. The van der Waals surface area contributed by atoms with Crippen molar-refractivity contribution in [3.05, 3.63) is 11.6 Å². The summed E-state index contributed by atoms with van der Waals surface area (Å²) in [5.74, 6) is 0.576. The average Bonchev–Trinajstić information content (AvgIpc) is 2.15. The highest BCUT2D eigenvalue weighted by Crippen LogP contribution is 2.15. The molecule has 1 atom stereocenters. The monoisotopic (exact) mass is 167 g/mol. The van der Waals surface area contributed by atoms with E-state index in [1.165, 1.54) is 16.8 Å². The Morgan fingerprint density at radius 1 is 1.89 bits per heavy atom. The minimum absolute atomic E-state index is 0.576. The highest BCUT2D eigenvalue weighted by Gasteiger charge is 2.06. The Morgan fingerprint density at radius 2 is 2.67 bits per heavy atom. The fourth-order valence-electron chi connectivity index (χ4n) is 0.399. The van der Waals surface area contributed by atoms with Crippen molar-refractivity contribution in [2.24, 2.45) is 0 Å². The number of nitrogens with zero attached hydrogens (tertiary/aromatic N) is 1. The summed E-state index contributed by atoms with van der Waals surface area (Å²) < 4.78 is 22.5. The van der Waals surface area contributed by atoms with Crippen LogP contribution in [-0.4, -0.2) is 19.7 Å². The van der Waals surface area contributed by atoms with Gasteiger partial charge >= 0.3 is 11.4 Å². The third-order valence-corrected chi connectivity index (χ3v) is 1.72. The van der Waals surface area contributed by atoms with E-state index < -0.39 is 11.4 Å². The molecule has 9 heavy (non-hydrogen) atoms. The zero-order valence-electron chi connectivity index (χ0n) is 4.39. The lowest BCUT2D eigenvalue weighted by atomic mass is 11.0. The molecule has 0 aromatic heterocycles. The molecule has 52 valence electrons. The normalized spacial score (nSPS) is 20.8. The lowest BCUT2D eigenvalue weighted by Gasteiger charge is -2.08. The van der Waals surface area contributed by atoms with Gasteiger partial charge in [-0.2, -0.15) is 4.21 Å². The Hall–Kier alpha value is -0.0400. The quantitative estimate of drug-likeness (QED) is 0.608. The van der Waals surface area contributed by atoms with E-state index in [1.54, 1.807) is 11.6 Å². The van der Waals surface area contributed by atoms with Gasteiger partial charge in [-0.25, -0.2) is 5.06 Å². The fourth-order valence-corrected chi connectivity index (χ4v) is 1.33. The van der Waals surface area contributed by atoms with E-state index in [-0.39, 0.29) is 0 Å². The van der Waals surface area contributed by atoms with Crippen LogP contribution in [0.1, 0.15) is 0 Å². The third-order valence-electron chi connectivity index (χ3n) is 0.685. The van der Waals surface area contributed by atoms with Crippen molar-refractivity contribution in [3.63, 3.8) is 0 Å². The summed E-state index contributed by atoms with van der Waals surface area (Å²) in [4.78, 5) is 0. The maximum atomic E-state index is 9.96. The zero-order valence-corrected chi connectivity index (χ0v) is 6.02. The van der Waals surface area contributed by atoms with Crippen molar-refractivity contribution in [3.8, 4) is 0 Å². The van der Waals surface area contributed by atoms with Crippen LogP contribution in [-0.2, 0) is 15.6 Å². The SMILES string of the molecule is O=S(O)ON1C=CSC1. The predicted molar refractivity (Wildman–Crippen MR) is 35.3 cm³/mol. The lowest BCUT2D eigenvalue weighted by Crippen LogP contribution is -2.14. The Balaban J connectivity index is 2.28. The molecule has 0 saturated carbocycles. The van der Waals surface area contributed by atoms with E-state index >= 15 is 0 Å². The molecule has 1 rings (SSSR count). The van der Waals surface area contributed by atoms with Crippen LogP contribution in [0, 0.1) is 0 Å². The van der Waals surface area contributed by atoms with Crippen molar-refractivity contribution in [2.75, 3.05) is 5.88 Å². The van der Waals surface area contributed by atoms with Gasteiger partial charge in [-0.05, 0) is 5.41 Å². The van der Waals surface area contributed by atoms with Crippen molar-refractivity contribution in [1.29, 1.82) is 0 Å². The average molecular weight is 167 g/mol. The first-order valence-electron chi connectivity index (χ1n) is 2.13. The van der Waals surface area contributed by atoms with E-state index in [9.17, 15) is 4.21 Å². The molecule has 0 aromatic rings. The maximum Gasteiger partial charge on any atom is 0.325 e. The summed E-state index contributed by atoms with van der Waals surface area (Å²) in [5, 5.41) is 3.08. The number of thioether (sulfide) groups is 1. The van der Waals surface area contributed by atoms with Crippen LogP contribution >= 0.6 is 11.8 Å². The molecule has 1 aliphatic rings. The number of hydroxylamine groups is 2. The molecule has 0 fully saturated rings. The molecule has 0 amide bonds. The molecule has 0 bridgehead atoms. The molecule has 1 unspecified atom stereocenters. The third kappa shape index (κ3) is 2.35. The minimum Gasteiger partial charge on any atom is -0.282 e. The van der Waals surface area contributed by atoms with Crippen molar-refractivity contribution < 1.29 is 13.0 Å². The van der Waals surface area contributed by atoms with Gasteiger partial charge < -0.3 is 0 Å². The van der Waals surface area contributed by atoms with Crippen LogP contribution in [0.15, 0.2) is 11.6 Å². The highest BCUT2D eigenvalue weighted by molar-refractivity contribution is 8.02. The van der Waals surface area contributed by atoms with E-state index in [4.69, 9.17) is 4.55 Å². The number of rotatable bonds is 2. The standard InChI is InChI=1S/C3H5NO3S2/c5-9(6)7-4-1-2-8-3-4/h1-2H,3H2,(H,5,6). The van der Waals surface area contributed by atoms with Crippen LogP contribution in [0.5, 0.6) is 0 Å². The molecule has 0 aliphatic carbocycles. The van der Waals surface area contributed by atoms with Gasteiger partial charge in [0, 0.05) is 6.20 Å². The van der Waals surface area contributed by atoms with E-state index in [2.05, 4.69) is 4.28 Å². The molecular formula is C3H5NO3S2. The summed E-state index contributed by atoms with van der Waals surface area (Å²) in [7, 11) is 0. The molecule has 1 N–H and O–H groups in total. The fraction of sp³-hybridized carbons (Fsp3) is 0.333. The van der Waals surface area contributed by atoms with Crippen molar-refractivity contribution in [2.45, 2.75) is 0 Å². The van der Waals surface area contributed by atoms with Crippen LogP contribution < -0.4 is 0 Å². The van der Waals surface area contributed by atoms with E-state index in [0.717, 1.165) is 0 Å². The highest BCUT2D eigenvalue weighted by atomic mass is 32.2. The molecule has 0 saturated heterocycles. The first-order chi connectivity index (χ1) is 4.29. The number of hydrogen-bond donors (Lipinski definition) is 1. The Kier molecular flexibility index (Phi) is 2.52. The molecule has 0 radical (unpaired) electrons. The van der Waals surface area contributed by atoms with Gasteiger partial charge in [0.05, 0.1) is 5.88 Å². The smallest absolute Gasteiger partial charge is 0.282 e. The van der Waals surface area contributed by atoms with Gasteiger partial charge in [-0.3, -0.25) is 4.55 Å². The van der Waals surface area contributed by atoms with Gasteiger partial charge in [-0.1, -0.05) is 0 Å². The Morgan fingerprint density at radius 3 is 3.11 bits per heavy atom. The predicted octanol–water partition coefficient (Wildman–Crippen LogP) is 0.532. The summed E-state index contributed by atoms with van der Waals surface area (Å²) in [6.07, 6.45) is 1.60. The molecule has 1 aliphatic heterocycles. The van der Waals surface area contributed by atoms with Crippen molar-refractivity contribution in [1.82, 2.24) is 5.06 Å². The van der Waals surface area contributed by atoms with Gasteiger partial charge in [0.2, 0.25) is 0 Å². The second-order valence-corrected chi connectivity index (χ2v) is 2.74. The number of hydrogen-bond acceptors (Lipinski definition) is 4. The summed E-state index contributed by atoms with van der Waals surface area (Å²) in [5.41, 5.74) is 0. The van der Waals surface area contributed by atoms with Gasteiger partial charge in [0.15, 0.2) is 0 Å².